The number of benzene rings is 3. The second kappa shape index (κ2) is 13.1. The molecule has 4 nitrogen and oxygen atoms in total. The largest absolute Gasteiger partial charge is 0.354 e. The quantitative estimate of drug-likeness (QED) is 0.292. The Bertz CT molecular complexity index is 1150. The molecule has 35 heavy (non-hydrogen) atoms. The zero-order valence-electron chi connectivity index (χ0n) is 19.8. The molecule has 0 heterocycles. The highest BCUT2D eigenvalue weighted by Gasteiger charge is 2.30. The van der Waals surface area contributed by atoms with E-state index in [2.05, 4.69) is 21.2 Å². The molecular weight excluding hydrogens is 547 g/mol. The number of rotatable bonds is 10. The molecule has 2 amide bonds. The van der Waals surface area contributed by atoms with Crippen molar-refractivity contribution < 1.29 is 9.59 Å². The number of hydrogen-bond donors (Lipinski definition) is 1. The van der Waals surface area contributed by atoms with E-state index < -0.39 is 6.04 Å². The van der Waals surface area contributed by atoms with E-state index in [4.69, 9.17) is 23.2 Å². The fourth-order valence-electron chi connectivity index (χ4n) is 3.73. The van der Waals surface area contributed by atoms with Crippen LogP contribution < -0.4 is 5.32 Å². The highest BCUT2D eigenvalue weighted by Crippen LogP contribution is 2.24. The summed E-state index contributed by atoms with van der Waals surface area (Å²) >= 11 is 15.8. The molecule has 0 bridgehead atoms. The van der Waals surface area contributed by atoms with Crippen LogP contribution >= 0.6 is 39.1 Å². The zero-order valence-corrected chi connectivity index (χ0v) is 22.9. The van der Waals surface area contributed by atoms with Crippen molar-refractivity contribution >= 4 is 50.9 Å². The molecule has 0 saturated heterocycles. The Morgan fingerprint density at radius 3 is 2.26 bits per heavy atom. The highest BCUT2D eigenvalue weighted by molar-refractivity contribution is 9.10. The maximum atomic E-state index is 13.7. The summed E-state index contributed by atoms with van der Waals surface area (Å²) < 4.78 is 0.913. The van der Waals surface area contributed by atoms with E-state index in [1.165, 1.54) is 0 Å². The molecule has 7 heteroatoms. The second-order valence-corrected chi connectivity index (χ2v) is 10.7. The van der Waals surface area contributed by atoms with Crippen molar-refractivity contribution in [2.24, 2.45) is 5.92 Å². The lowest BCUT2D eigenvalue weighted by molar-refractivity contribution is -0.140. The van der Waals surface area contributed by atoms with E-state index in [0.29, 0.717) is 35.5 Å². The van der Waals surface area contributed by atoms with Crippen molar-refractivity contribution in [2.45, 2.75) is 39.3 Å². The van der Waals surface area contributed by atoms with E-state index in [9.17, 15) is 9.59 Å². The summed E-state index contributed by atoms with van der Waals surface area (Å²) in [6.45, 7) is 4.92. The third-order valence-corrected chi connectivity index (χ3v) is 6.77. The van der Waals surface area contributed by atoms with Gasteiger partial charge in [-0.1, -0.05) is 102 Å². The highest BCUT2D eigenvalue weighted by atomic mass is 79.9. The third kappa shape index (κ3) is 8.38. The lowest BCUT2D eigenvalue weighted by Crippen LogP contribution is -2.51. The Morgan fingerprint density at radius 1 is 0.886 bits per heavy atom. The van der Waals surface area contributed by atoms with Crippen LogP contribution in [0.2, 0.25) is 10.0 Å². The van der Waals surface area contributed by atoms with Crippen LogP contribution in [0.5, 0.6) is 0 Å². The van der Waals surface area contributed by atoms with Crippen LogP contribution in [0.15, 0.2) is 77.3 Å². The molecule has 0 saturated carbocycles. The van der Waals surface area contributed by atoms with Crippen LogP contribution in [-0.4, -0.2) is 29.3 Å². The average Bonchev–Trinajstić information content (AvgIpc) is 2.82. The minimum absolute atomic E-state index is 0.105. The lowest BCUT2D eigenvalue weighted by Gasteiger charge is -2.32. The van der Waals surface area contributed by atoms with E-state index in [1.807, 2.05) is 68.4 Å². The molecule has 0 aromatic heterocycles. The molecule has 1 atom stereocenters. The molecule has 3 aromatic rings. The molecule has 184 valence electrons. The molecule has 0 aliphatic rings. The fraction of sp³-hybridized carbons (Fsp3) is 0.286. The Balaban J connectivity index is 1.96. The van der Waals surface area contributed by atoms with Gasteiger partial charge in [-0.05, 0) is 46.9 Å². The smallest absolute Gasteiger partial charge is 0.243 e. The molecule has 0 spiro atoms. The molecular formula is C28H29BrCl2N2O2. The summed E-state index contributed by atoms with van der Waals surface area (Å²) in [5.41, 5.74) is 2.65. The summed E-state index contributed by atoms with van der Waals surface area (Å²) in [7, 11) is 0. The number of hydrogen-bond acceptors (Lipinski definition) is 2. The van der Waals surface area contributed by atoms with Crippen molar-refractivity contribution in [2.75, 3.05) is 6.54 Å². The molecule has 1 N–H and O–H groups in total. The Morgan fingerprint density at radius 2 is 1.60 bits per heavy atom. The van der Waals surface area contributed by atoms with Crippen molar-refractivity contribution in [3.8, 4) is 0 Å². The molecule has 0 fully saturated rings. The number of nitrogens with zero attached hydrogens (tertiary/aromatic N) is 1. The second-order valence-electron chi connectivity index (χ2n) is 8.92. The van der Waals surface area contributed by atoms with E-state index in [-0.39, 0.29) is 18.2 Å². The number of carbonyl (C=O) groups is 2. The van der Waals surface area contributed by atoms with Crippen LogP contribution in [0.3, 0.4) is 0 Å². The summed E-state index contributed by atoms with van der Waals surface area (Å²) in [6.07, 6.45) is 0.513. The van der Waals surface area contributed by atoms with Gasteiger partial charge in [-0.15, -0.1) is 0 Å². The van der Waals surface area contributed by atoms with Crippen molar-refractivity contribution in [1.29, 1.82) is 0 Å². The molecule has 0 aliphatic carbocycles. The molecule has 3 rings (SSSR count). The Labute approximate surface area is 225 Å². The fourth-order valence-corrected chi connectivity index (χ4v) is 4.50. The van der Waals surface area contributed by atoms with Crippen molar-refractivity contribution in [1.82, 2.24) is 10.2 Å². The number of halogens is 3. The summed E-state index contributed by atoms with van der Waals surface area (Å²) in [5.74, 6) is -0.0363. The van der Waals surface area contributed by atoms with Gasteiger partial charge in [0.2, 0.25) is 11.8 Å². The lowest BCUT2D eigenvalue weighted by atomic mass is 10.0. The summed E-state index contributed by atoms with van der Waals surface area (Å²) in [6, 6.07) is 22.0. The number of amides is 2. The van der Waals surface area contributed by atoms with Crippen LogP contribution in [0, 0.1) is 5.92 Å². The van der Waals surface area contributed by atoms with Gasteiger partial charge in [0.1, 0.15) is 6.04 Å². The summed E-state index contributed by atoms with van der Waals surface area (Å²) in [4.78, 5) is 28.9. The SMILES string of the molecule is CC(C)CNC(=O)C(Cc1ccccc1)N(Cc1cccc(Br)c1)C(=O)Cc1ccc(Cl)c(Cl)c1. The average molecular weight is 576 g/mol. The summed E-state index contributed by atoms with van der Waals surface area (Å²) in [5, 5.41) is 3.86. The first-order valence-electron chi connectivity index (χ1n) is 11.5. The van der Waals surface area contributed by atoms with E-state index in [1.54, 1.807) is 23.1 Å². The first-order valence-corrected chi connectivity index (χ1v) is 13.1. The van der Waals surface area contributed by atoms with Crippen LogP contribution in [0.1, 0.15) is 30.5 Å². The molecule has 0 aliphatic heterocycles. The number of carbonyl (C=O) groups excluding carboxylic acids is 2. The maximum absolute atomic E-state index is 13.7. The number of nitrogens with one attached hydrogen (secondary N) is 1. The predicted molar refractivity (Wildman–Crippen MR) is 147 cm³/mol. The Kier molecular flexibility index (Phi) is 10.2. The van der Waals surface area contributed by atoms with Gasteiger partial charge in [0.25, 0.3) is 0 Å². The van der Waals surface area contributed by atoms with Gasteiger partial charge in [0.15, 0.2) is 0 Å². The van der Waals surface area contributed by atoms with Gasteiger partial charge in [-0.25, -0.2) is 0 Å². The third-order valence-electron chi connectivity index (χ3n) is 5.54. The van der Waals surface area contributed by atoms with Gasteiger partial charge in [0.05, 0.1) is 16.5 Å². The predicted octanol–water partition coefficient (Wildman–Crippen LogP) is 6.71. The van der Waals surface area contributed by atoms with E-state index in [0.717, 1.165) is 21.2 Å². The van der Waals surface area contributed by atoms with Gasteiger partial charge in [0, 0.05) is 24.0 Å². The van der Waals surface area contributed by atoms with Gasteiger partial charge < -0.3 is 10.2 Å². The van der Waals surface area contributed by atoms with Crippen molar-refractivity contribution in [3.05, 3.63) is 104 Å². The first kappa shape index (κ1) is 27.3. The minimum Gasteiger partial charge on any atom is -0.354 e. The van der Waals surface area contributed by atoms with Crippen LogP contribution in [0.4, 0.5) is 0 Å². The van der Waals surface area contributed by atoms with Crippen LogP contribution in [0.25, 0.3) is 0 Å². The molecule has 1 unspecified atom stereocenters. The zero-order chi connectivity index (χ0) is 25.4. The van der Waals surface area contributed by atoms with E-state index >= 15 is 0 Å². The Hall–Kier alpha value is -2.34. The normalized spacial score (nSPS) is 11.8. The maximum Gasteiger partial charge on any atom is 0.243 e. The molecule has 0 radical (unpaired) electrons. The van der Waals surface area contributed by atoms with Gasteiger partial charge in [-0.3, -0.25) is 9.59 Å². The van der Waals surface area contributed by atoms with Gasteiger partial charge in [-0.2, -0.15) is 0 Å². The minimum atomic E-state index is -0.676. The standard InChI is InChI=1S/C28H29BrCl2N2O2/c1-19(2)17-32-28(35)26(15-20-7-4-3-5-8-20)33(18-22-9-6-10-23(29)13-22)27(34)16-21-11-12-24(30)25(31)14-21/h3-14,19,26H,15-18H2,1-2H3,(H,32,35). The van der Waals surface area contributed by atoms with Gasteiger partial charge >= 0.3 is 0 Å². The van der Waals surface area contributed by atoms with Crippen molar-refractivity contribution in [3.63, 3.8) is 0 Å². The topological polar surface area (TPSA) is 49.4 Å². The first-order chi connectivity index (χ1) is 16.7. The van der Waals surface area contributed by atoms with Crippen LogP contribution in [-0.2, 0) is 29.0 Å². The molecule has 3 aromatic carbocycles. The monoisotopic (exact) mass is 574 g/mol.